The lowest BCUT2D eigenvalue weighted by atomic mass is 9.74. The first kappa shape index (κ1) is 20.5. The normalized spacial score (nSPS) is 16.8. The lowest BCUT2D eigenvalue weighted by Crippen LogP contribution is -2.38. The van der Waals surface area contributed by atoms with Gasteiger partial charge in [0, 0.05) is 29.3 Å². The van der Waals surface area contributed by atoms with Gasteiger partial charge in [0.1, 0.15) is 5.75 Å². The van der Waals surface area contributed by atoms with Crippen LogP contribution in [0.25, 0.3) is 0 Å². The van der Waals surface area contributed by atoms with E-state index in [-0.39, 0.29) is 11.5 Å². The van der Waals surface area contributed by atoms with Gasteiger partial charge in [-0.2, -0.15) is 0 Å². The van der Waals surface area contributed by atoms with Gasteiger partial charge in [-0.15, -0.1) is 0 Å². The molecule has 0 saturated carbocycles. The molecule has 3 N–H and O–H groups in total. The smallest absolute Gasteiger partial charge is 0.193 e. The molecular weight excluding hydrogens is 374 g/mol. The summed E-state index contributed by atoms with van der Waals surface area (Å²) in [6.07, 6.45) is 1.88. The molecule has 28 heavy (non-hydrogen) atoms. The summed E-state index contributed by atoms with van der Waals surface area (Å²) in [6, 6.07) is 15.7. The van der Waals surface area contributed by atoms with Crippen molar-refractivity contribution in [1.29, 1.82) is 0 Å². The van der Waals surface area contributed by atoms with Crippen molar-refractivity contribution in [3.8, 4) is 5.75 Å². The van der Waals surface area contributed by atoms with E-state index in [0.717, 1.165) is 34.9 Å². The summed E-state index contributed by atoms with van der Waals surface area (Å²) in [4.78, 5) is 4.64. The van der Waals surface area contributed by atoms with Crippen molar-refractivity contribution >= 4 is 23.2 Å². The number of benzene rings is 2. The zero-order chi connectivity index (χ0) is 20.0. The highest BCUT2D eigenvalue weighted by Crippen LogP contribution is 2.38. The lowest BCUT2D eigenvalue weighted by molar-refractivity contribution is 0.0532. The number of rotatable bonds is 6. The Morgan fingerprint density at radius 2 is 1.86 bits per heavy atom. The summed E-state index contributed by atoms with van der Waals surface area (Å²) >= 11 is 6.49. The number of nitrogens with two attached hydrogens (primary N) is 1. The molecule has 2 aromatic rings. The van der Waals surface area contributed by atoms with Crippen molar-refractivity contribution in [3.05, 3.63) is 59.1 Å². The molecule has 3 rings (SSSR count). The predicted octanol–water partition coefficient (Wildman–Crippen LogP) is 4.60. The fraction of sp³-hybridized carbons (Fsp3) is 0.409. The molecule has 0 bridgehead atoms. The second-order valence-electron chi connectivity index (χ2n) is 7.39. The number of halogens is 1. The van der Waals surface area contributed by atoms with Crippen LogP contribution in [-0.2, 0) is 10.2 Å². The molecule has 1 saturated heterocycles. The molecule has 0 spiro atoms. The van der Waals surface area contributed by atoms with E-state index in [1.54, 1.807) is 0 Å². The minimum Gasteiger partial charge on any atom is -0.491 e. The Morgan fingerprint density at radius 1 is 1.18 bits per heavy atom. The Morgan fingerprint density at radius 3 is 2.50 bits per heavy atom. The third-order valence-corrected chi connectivity index (χ3v) is 5.28. The van der Waals surface area contributed by atoms with Gasteiger partial charge in [0.15, 0.2) is 5.96 Å². The third-order valence-electron chi connectivity index (χ3n) is 4.95. The Hall–Kier alpha value is -2.24. The molecule has 0 unspecified atom stereocenters. The first-order valence-corrected chi connectivity index (χ1v) is 10.0. The summed E-state index contributed by atoms with van der Waals surface area (Å²) in [7, 11) is 0. The molecule has 1 aliphatic rings. The Bertz CT molecular complexity index is 800. The summed E-state index contributed by atoms with van der Waals surface area (Å²) < 4.78 is 11.2. The van der Waals surface area contributed by atoms with Crippen molar-refractivity contribution in [2.24, 2.45) is 10.7 Å². The van der Waals surface area contributed by atoms with Gasteiger partial charge in [-0.1, -0.05) is 29.8 Å². The largest absolute Gasteiger partial charge is 0.491 e. The molecule has 0 amide bonds. The molecular formula is C22H28ClN3O2. The van der Waals surface area contributed by atoms with Gasteiger partial charge >= 0.3 is 0 Å². The molecule has 2 aromatic carbocycles. The van der Waals surface area contributed by atoms with Gasteiger partial charge in [0.05, 0.1) is 12.6 Å². The quantitative estimate of drug-likeness (QED) is 0.548. The van der Waals surface area contributed by atoms with Crippen LogP contribution in [0, 0.1) is 0 Å². The van der Waals surface area contributed by atoms with Crippen LogP contribution < -0.4 is 15.8 Å². The third kappa shape index (κ3) is 5.18. The highest BCUT2D eigenvalue weighted by Gasteiger charge is 2.35. The maximum Gasteiger partial charge on any atom is 0.193 e. The SMILES string of the molecule is CC(C)Oc1ccc(NC(N)=NCC2(c3ccccc3Cl)CCOCC2)cc1. The van der Waals surface area contributed by atoms with E-state index < -0.39 is 0 Å². The van der Waals surface area contributed by atoms with Crippen LogP contribution in [0.3, 0.4) is 0 Å². The Labute approximate surface area is 171 Å². The lowest BCUT2D eigenvalue weighted by Gasteiger charge is -2.37. The van der Waals surface area contributed by atoms with Crippen LogP contribution in [0.4, 0.5) is 5.69 Å². The molecule has 0 aromatic heterocycles. The number of guanidine groups is 1. The number of anilines is 1. The highest BCUT2D eigenvalue weighted by molar-refractivity contribution is 6.31. The minimum absolute atomic E-state index is 0.144. The van der Waals surface area contributed by atoms with Crippen molar-refractivity contribution in [2.75, 3.05) is 25.1 Å². The molecule has 150 valence electrons. The van der Waals surface area contributed by atoms with Crippen LogP contribution in [-0.4, -0.2) is 31.8 Å². The number of aliphatic imine (C=N–C) groups is 1. The van der Waals surface area contributed by atoms with Gasteiger partial charge in [0.25, 0.3) is 0 Å². The Kier molecular flexibility index (Phi) is 6.81. The number of ether oxygens (including phenoxy) is 2. The monoisotopic (exact) mass is 401 g/mol. The number of hydrogen-bond acceptors (Lipinski definition) is 3. The first-order chi connectivity index (χ1) is 13.5. The van der Waals surface area contributed by atoms with Crippen molar-refractivity contribution in [2.45, 2.75) is 38.2 Å². The average Bonchev–Trinajstić information content (AvgIpc) is 2.69. The topological polar surface area (TPSA) is 68.9 Å². The second kappa shape index (κ2) is 9.30. The summed E-state index contributed by atoms with van der Waals surface area (Å²) in [5, 5.41) is 3.92. The number of nitrogens with one attached hydrogen (secondary N) is 1. The van der Waals surface area contributed by atoms with Crippen LogP contribution in [0.1, 0.15) is 32.3 Å². The predicted molar refractivity (Wildman–Crippen MR) is 116 cm³/mol. The van der Waals surface area contributed by atoms with E-state index >= 15 is 0 Å². The minimum atomic E-state index is -0.155. The Balaban J connectivity index is 1.71. The van der Waals surface area contributed by atoms with E-state index in [0.29, 0.717) is 25.7 Å². The van der Waals surface area contributed by atoms with E-state index in [9.17, 15) is 0 Å². The summed E-state index contributed by atoms with van der Waals surface area (Å²) in [6.45, 7) is 5.97. The van der Waals surface area contributed by atoms with E-state index in [2.05, 4.69) is 16.4 Å². The van der Waals surface area contributed by atoms with E-state index in [1.807, 2.05) is 56.3 Å². The maximum atomic E-state index is 6.49. The van der Waals surface area contributed by atoms with Crippen LogP contribution >= 0.6 is 11.6 Å². The van der Waals surface area contributed by atoms with Crippen LogP contribution in [0.2, 0.25) is 5.02 Å². The van der Waals surface area contributed by atoms with Gasteiger partial charge < -0.3 is 20.5 Å². The standard InChI is InChI=1S/C22H28ClN3O2/c1-16(2)28-18-9-7-17(8-10-18)26-21(24)25-15-22(11-13-27-14-12-22)19-5-3-4-6-20(19)23/h3-10,16H,11-15H2,1-2H3,(H3,24,25,26). The van der Waals surface area contributed by atoms with E-state index in [1.165, 1.54) is 0 Å². The molecule has 0 aliphatic carbocycles. The summed E-state index contributed by atoms with van der Waals surface area (Å²) in [5.74, 6) is 1.21. The van der Waals surface area contributed by atoms with E-state index in [4.69, 9.17) is 26.8 Å². The van der Waals surface area contributed by atoms with Crippen molar-refractivity contribution in [1.82, 2.24) is 0 Å². The molecule has 1 heterocycles. The van der Waals surface area contributed by atoms with Crippen molar-refractivity contribution in [3.63, 3.8) is 0 Å². The second-order valence-corrected chi connectivity index (χ2v) is 7.80. The number of hydrogen-bond donors (Lipinski definition) is 2. The van der Waals surface area contributed by atoms with Gasteiger partial charge in [0.2, 0.25) is 0 Å². The van der Waals surface area contributed by atoms with Crippen LogP contribution in [0.5, 0.6) is 5.75 Å². The van der Waals surface area contributed by atoms with Gasteiger partial charge in [-0.05, 0) is 62.6 Å². The summed E-state index contributed by atoms with van der Waals surface area (Å²) in [5.41, 5.74) is 7.99. The highest BCUT2D eigenvalue weighted by atomic mass is 35.5. The fourth-order valence-electron chi connectivity index (χ4n) is 3.48. The molecule has 0 radical (unpaired) electrons. The van der Waals surface area contributed by atoms with Gasteiger partial charge in [-0.25, -0.2) is 0 Å². The molecule has 1 aliphatic heterocycles. The maximum absolute atomic E-state index is 6.49. The number of nitrogens with zero attached hydrogens (tertiary/aromatic N) is 1. The van der Waals surface area contributed by atoms with Crippen molar-refractivity contribution < 1.29 is 9.47 Å². The van der Waals surface area contributed by atoms with Gasteiger partial charge in [-0.3, -0.25) is 4.99 Å². The molecule has 5 nitrogen and oxygen atoms in total. The average molecular weight is 402 g/mol. The molecule has 0 atom stereocenters. The fourth-order valence-corrected chi connectivity index (χ4v) is 3.82. The van der Waals surface area contributed by atoms with Crippen LogP contribution in [0.15, 0.2) is 53.5 Å². The zero-order valence-electron chi connectivity index (χ0n) is 16.5. The molecule has 1 fully saturated rings. The zero-order valence-corrected chi connectivity index (χ0v) is 17.2. The first-order valence-electron chi connectivity index (χ1n) is 9.65. The molecule has 6 heteroatoms.